The van der Waals surface area contributed by atoms with Crippen molar-refractivity contribution in [3.05, 3.63) is 36.0 Å². The highest BCUT2D eigenvalue weighted by Gasteiger charge is 2.44. The minimum Gasteiger partial charge on any atom is -0.481 e. The molecule has 0 spiro atoms. The molecule has 1 fully saturated rings. The lowest BCUT2D eigenvalue weighted by Crippen LogP contribution is -2.64. The van der Waals surface area contributed by atoms with E-state index in [2.05, 4.69) is 50.7 Å². The molecule has 16 amide bonds. The largest absolute Gasteiger partial charge is 0.481 e. The average molecular weight is 1640 g/mol. The summed E-state index contributed by atoms with van der Waals surface area (Å²) >= 11 is 0. The molecule has 1 aromatic heterocycles. The van der Waals surface area contributed by atoms with Gasteiger partial charge in [0.25, 0.3) is 0 Å². The number of nitrogens with two attached hydrogens (primary N) is 3. The number of hydrogen-bond donors (Lipinski definition) is 21. The van der Waals surface area contributed by atoms with Gasteiger partial charge in [0.05, 0.1) is 38.8 Å². The quantitative estimate of drug-likeness (QED) is 0.0225. The molecule has 1 aliphatic heterocycles. The number of ether oxygens (including phenoxy) is 2. The Morgan fingerprint density at radius 1 is 0.603 bits per heavy atom. The Kier molecular flexibility index (Phi) is 39.8. The number of para-hydroxylation sites is 1. The number of nitrogens with zero attached hydrogens (tertiary/aromatic N) is 1. The number of primary amides is 3. The molecule has 2 heterocycles. The van der Waals surface area contributed by atoms with Gasteiger partial charge in [-0.3, -0.25) is 91.1 Å². The minimum absolute atomic E-state index is 0.0361. The monoisotopic (exact) mass is 1640 g/mol. The molecule has 1 aliphatic rings. The van der Waals surface area contributed by atoms with E-state index in [9.17, 15) is 126 Å². The molecule has 45 heteroatoms. The summed E-state index contributed by atoms with van der Waals surface area (Å²) in [6.45, 7) is 7.50. The zero-order valence-electron chi connectivity index (χ0n) is 65.3. The standard InChI is InChI=1S/C71H105N17O28/c1-10-32(4)53-71(114)116-35(7)54(85-68(110)55(57(100)59(74)101)86-61(103)39(21-22-49(94)95)80-62(104)40(24-36-28-75-38-19-16-15-18-37(36)38)78-46(91)20-14-12-11-13-17-31(2)3)69(111)88(8)30-48(93)77-34(6)60(102)81-43(27-51(98)99)63(105)82-42(26-45(73)90)65(107)87-56(58(115-9)70(112)113)66(108)76-29-47(92)79-41(25-44(72)89)64(106)83-52(67(109)84-53)33(5)23-50(96)97/h15-16,18-19,28,31-35,39-43,52-58,75,100H,10-14,17,20-27,29-30H2,1-9H3,(H2,72,89)(H2,73,90)(H2,74,101)(H,76,108)(H,77,93)(H,78,91)(H,79,92)(H,80,104)(H,81,102)(H,82,105)(H,83,106)(H,84,109)(H,85,110)(H,86,103)(H,87,107)(H,94,95)(H,96,97)(H,98,99)(H,112,113). The summed E-state index contributed by atoms with van der Waals surface area (Å²) in [6.07, 6.45) is -8.58. The maximum Gasteiger partial charge on any atom is 0.335 e. The van der Waals surface area contributed by atoms with Crippen LogP contribution >= 0.6 is 0 Å². The summed E-state index contributed by atoms with van der Waals surface area (Å²) in [5.41, 5.74) is 17.4. The third-order valence-electron chi connectivity index (χ3n) is 18.3. The maximum absolute atomic E-state index is 15.0. The molecule has 0 bridgehead atoms. The second-order valence-electron chi connectivity index (χ2n) is 28.3. The molecular formula is C71H105N17O28. The Morgan fingerprint density at radius 3 is 1.74 bits per heavy atom. The van der Waals surface area contributed by atoms with Crippen LogP contribution in [0.25, 0.3) is 10.9 Å². The van der Waals surface area contributed by atoms with Gasteiger partial charge in [-0.1, -0.05) is 84.9 Å². The minimum atomic E-state index is -2.82. The first-order valence-electron chi connectivity index (χ1n) is 36.8. The van der Waals surface area contributed by atoms with Crippen molar-refractivity contribution in [2.45, 2.75) is 223 Å². The first-order chi connectivity index (χ1) is 54.3. The van der Waals surface area contributed by atoms with Crippen LogP contribution in [0.5, 0.6) is 0 Å². The van der Waals surface area contributed by atoms with Crippen LogP contribution in [0.15, 0.2) is 30.5 Å². The van der Waals surface area contributed by atoms with Crippen molar-refractivity contribution in [1.29, 1.82) is 0 Å². The molecule has 2 aromatic rings. The Morgan fingerprint density at radius 2 is 1.17 bits per heavy atom. The number of aliphatic hydroxyl groups excluding tert-OH is 1. The van der Waals surface area contributed by atoms with Crippen LogP contribution in [-0.4, -0.2) is 272 Å². The van der Waals surface area contributed by atoms with Crippen molar-refractivity contribution >= 4 is 135 Å². The Balaban J connectivity index is 2.30. The van der Waals surface area contributed by atoms with Gasteiger partial charge in [0, 0.05) is 50.5 Å². The number of carbonyl (C=O) groups is 21. The van der Waals surface area contributed by atoms with Crippen LogP contribution in [0, 0.1) is 17.8 Å². The molecule has 16 atom stereocenters. The number of likely N-dealkylation sites (N-methyl/N-ethyl adjacent to an activating group) is 1. The molecule has 0 saturated carbocycles. The van der Waals surface area contributed by atoms with Gasteiger partial charge in [-0.05, 0) is 56.1 Å². The highest BCUT2D eigenvalue weighted by Crippen LogP contribution is 2.22. The Bertz CT molecular complexity index is 3950. The number of H-pyrrole nitrogens is 1. The number of hydrogen-bond acceptors (Lipinski definition) is 24. The number of carboxylic acid groups (broad SMARTS) is 4. The molecule has 0 radical (unpaired) electrons. The van der Waals surface area contributed by atoms with Gasteiger partial charge in [0.1, 0.15) is 72.6 Å². The lowest BCUT2D eigenvalue weighted by molar-refractivity contribution is -0.159. The van der Waals surface area contributed by atoms with E-state index in [0.717, 1.165) is 54.2 Å². The first kappa shape index (κ1) is 97.7. The molecule has 24 N–H and O–H groups in total. The fraction of sp³-hybridized carbons (Fsp3) is 0.592. The fourth-order valence-corrected chi connectivity index (χ4v) is 11.8. The molecule has 1 saturated heterocycles. The number of fused-ring (bicyclic) bond motifs is 1. The third-order valence-corrected chi connectivity index (χ3v) is 18.3. The Labute approximate surface area is 663 Å². The van der Waals surface area contributed by atoms with Crippen molar-refractivity contribution in [2.75, 3.05) is 27.2 Å². The van der Waals surface area contributed by atoms with E-state index < -0.39 is 273 Å². The number of benzene rings is 1. The van der Waals surface area contributed by atoms with Gasteiger partial charge in [-0.25, -0.2) is 9.59 Å². The molecule has 642 valence electrons. The number of cyclic esters (lactones) is 1. The van der Waals surface area contributed by atoms with Crippen LogP contribution in [0.1, 0.15) is 138 Å². The van der Waals surface area contributed by atoms with Gasteiger partial charge in [0.15, 0.2) is 12.2 Å². The van der Waals surface area contributed by atoms with Crippen molar-refractivity contribution in [1.82, 2.24) is 73.7 Å². The smallest absolute Gasteiger partial charge is 0.335 e. The van der Waals surface area contributed by atoms with Gasteiger partial charge in [-0.15, -0.1) is 0 Å². The van der Waals surface area contributed by atoms with Crippen LogP contribution < -0.4 is 81.0 Å². The van der Waals surface area contributed by atoms with Crippen LogP contribution in [0.2, 0.25) is 0 Å². The van der Waals surface area contributed by atoms with Crippen molar-refractivity contribution < 1.29 is 136 Å². The van der Waals surface area contributed by atoms with E-state index in [1.165, 1.54) is 13.8 Å². The predicted octanol–water partition coefficient (Wildman–Crippen LogP) is -7.23. The summed E-state index contributed by atoms with van der Waals surface area (Å²) in [5.74, 6) is -33.2. The van der Waals surface area contributed by atoms with Crippen molar-refractivity contribution in [3.8, 4) is 0 Å². The van der Waals surface area contributed by atoms with E-state index in [-0.39, 0.29) is 19.3 Å². The molecule has 116 heavy (non-hydrogen) atoms. The number of aromatic amines is 1. The molecule has 0 aliphatic carbocycles. The highest BCUT2D eigenvalue weighted by molar-refractivity contribution is 6.03. The zero-order chi connectivity index (χ0) is 87.7. The van der Waals surface area contributed by atoms with E-state index in [1.807, 2.05) is 31.9 Å². The summed E-state index contributed by atoms with van der Waals surface area (Å²) in [4.78, 5) is 289. The van der Waals surface area contributed by atoms with Gasteiger partial charge < -0.3 is 126 Å². The van der Waals surface area contributed by atoms with Gasteiger partial charge in [-0.2, -0.15) is 0 Å². The number of amides is 16. The number of esters is 1. The number of unbranched alkanes of at least 4 members (excludes halogenated alkanes) is 3. The number of nitrogens with one attached hydrogen (secondary N) is 13. The number of aliphatic carboxylic acids is 4. The number of carbonyl (C=O) groups excluding carboxylic acids is 17. The number of methoxy groups -OCH3 is 1. The molecule has 1 aromatic carbocycles. The van der Waals surface area contributed by atoms with E-state index in [1.54, 1.807) is 30.5 Å². The van der Waals surface area contributed by atoms with Gasteiger partial charge >= 0.3 is 29.8 Å². The first-order valence-corrected chi connectivity index (χ1v) is 36.8. The average Bonchev–Trinajstić information content (AvgIpc) is 1.48. The second-order valence-corrected chi connectivity index (χ2v) is 28.3. The van der Waals surface area contributed by atoms with Crippen molar-refractivity contribution in [3.63, 3.8) is 0 Å². The molecular weight excluding hydrogens is 1540 g/mol. The number of aromatic nitrogens is 1. The Hall–Kier alpha value is -12.5. The third kappa shape index (κ3) is 32.2. The lowest BCUT2D eigenvalue weighted by atomic mass is 9.94. The zero-order valence-corrected chi connectivity index (χ0v) is 65.3. The van der Waals surface area contributed by atoms with Crippen LogP contribution in [0.3, 0.4) is 0 Å². The molecule has 16 unspecified atom stereocenters. The van der Waals surface area contributed by atoms with Crippen LogP contribution in [0.4, 0.5) is 0 Å². The number of rotatable bonds is 35. The summed E-state index contributed by atoms with van der Waals surface area (Å²) in [5, 5.41) is 77.2. The summed E-state index contributed by atoms with van der Waals surface area (Å²) in [6, 6.07) is -16.7. The fourth-order valence-electron chi connectivity index (χ4n) is 11.8. The normalized spacial score (nSPS) is 22.1. The maximum atomic E-state index is 15.0. The highest BCUT2D eigenvalue weighted by atomic mass is 16.5. The lowest BCUT2D eigenvalue weighted by Gasteiger charge is -2.33. The molecule has 3 rings (SSSR count). The number of carboxylic acids is 4. The van der Waals surface area contributed by atoms with Crippen LogP contribution in [-0.2, 0) is 117 Å². The van der Waals surface area contributed by atoms with Gasteiger partial charge in [0.2, 0.25) is 94.5 Å². The van der Waals surface area contributed by atoms with Crippen molar-refractivity contribution in [2.24, 2.45) is 35.0 Å². The van der Waals surface area contributed by atoms with E-state index in [4.69, 9.17) is 26.7 Å². The molecule has 45 nitrogen and oxygen atoms in total. The summed E-state index contributed by atoms with van der Waals surface area (Å²) < 4.78 is 10.6. The van der Waals surface area contributed by atoms with E-state index >= 15 is 0 Å². The number of aliphatic hydroxyl groups is 1. The summed E-state index contributed by atoms with van der Waals surface area (Å²) in [7, 11) is 1.60. The predicted molar refractivity (Wildman–Crippen MR) is 399 cm³/mol. The topological polar surface area (TPSA) is 720 Å². The van der Waals surface area contributed by atoms with E-state index in [0.29, 0.717) is 40.1 Å². The second kappa shape index (κ2) is 47.3. The SMILES string of the molecule is CCC(C)C1NC(=O)C(C(C)CC(=O)O)NC(=O)C(CC(N)=O)NC(=O)CNC(=O)C(C(OC)C(=O)O)NC(=O)C(CC(N)=O)NC(=O)C(CC(=O)O)NC(=O)C(C)NC(=O)CN(C)C(=O)C(NC(=O)C(NC(=O)C(CCC(=O)O)NC(=O)C(Cc2c[nH]c3ccccc23)NC(=O)CCCCCCC(C)C)C(O)C(N)=O)C(C)OC1=O.